The van der Waals surface area contributed by atoms with E-state index >= 15 is 0 Å². The minimum absolute atomic E-state index is 0.160. The van der Waals surface area contributed by atoms with E-state index in [-0.39, 0.29) is 11.9 Å². The molecule has 0 bridgehead atoms. The number of likely N-dealkylation sites (tertiary alicyclic amines) is 1. The summed E-state index contributed by atoms with van der Waals surface area (Å²) in [6.45, 7) is 7.22. The zero-order chi connectivity index (χ0) is 9.84. The molecule has 13 heavy (non-hydrogen) atoms. The van der Waals surface area contributed by atoms with Crippen LogP contribution in [0.25, 0.3) is 0 Å². The molecular formula is C10H18N2O. The molecule has 0 aromatic rings. The lowest BCUT2D eigenvalue weighted by Crippen LogP contribution is -2.31. The first-order valence-corrected chi connectivity index (χ1v) is 4.79. The quantitative estimate of drug-likeness (QED) is 0.655. The second-order valence-corrected chi connectivity index (χ2v) is 3.77. The van der Waals surface area contributed by atoms with E-state index in [1.54, 1.807) is 6.08 Å². The van der Waals surface area contributed by atoms with Gasteiger partial charge in [-0.15, -0.1) is 6.58 Å². The minimum atomic E-state index is 0.160. The van der Waals surface area contributed by atoms with E-state index in [0.29, 0.717) is 12.3 Å². The summed E-state index contributed by atoms with van der Waals surface area (Å²) in [6.07, 6.45) is 3.11. The number of nitrogens with two attached hydrogens (primary N) is 1. The molecule has 3 nitrogen and oxygen atoms in total. The van der Waals surface area contributed by atoms with Crippen LogP contribution in [0.15, 0.2) is 12.7 Å². The summed E-state index contributed by atoms with van der Waals surface area (Å²) in [6, 6.07) is 0.160. The molecule has 3 heteroatoms. The van der Waals surface area contributed by atoms with Crippen molar-refractivity contribution in [1.29, 1.82) is 0 Å². The average molecular weight is 182 g/mol. The highest BCUT2D eigenvalue weighted by atomic mass is 16.2. The molecule has 0 aliphatic carbocycles. The number of rotatable bonds is 3. The van der Waals surface area contributed by atoms with Crippen molar-refractivity contribution in [2.45, 2.75) is 25.8 Å². The van der Waals surface area contributed by atoms with E-state index in [9.17, 15) is 4.79 Å². The number of hydrogen-bond acceptors (Lipinski definition) is 2. The first-order chi connectivity index (χ1) is 6.15. The molecule has 0 radical (unpaired) electrons. The van der Waals surface area contributed by atoms with Crippen LogP contribution < -0.4 is 5.73 Å². The SMILES string of the molecule is C=CCCC(=O)N1CC(C)C(N)C1. The fourth-order valence-electron chi connectivity index (χ4n) is 1.58. The van der Waals surface area contributed by atoms with Gasteiger partial charge >= 0.3 is 0 Å². The van der Waals surface area contributed by atoms with Gasteiger partial charge in [0.25, 0.3) is 0 Å². The molecule has 1 amide bonds. The van der Waals surface area contributed by atoms with Gasteiger partial charge in [0.1, 0.15) is 0 Å². The summed E-state index contributed by atoms with van der Waals surface area (Å²) in [5.41, 5.74) is 5.82. The van der Waals surface area contributed by atoms with Gasteiger partial charge in [-0.25, -0.2) is 0 Å². The fraction of sp³-hybridized carbons (Fsp3) is 0.700. The van der Waals surface area contributed by atoms with Crippen LogP contribution in [0.2, 0.25) is 0 Å². The molecule has 1 saturated heterocycles. The summed E-state index contributed by atoms with van der Waals surface area (Å²) in [4.78, 5) is 13.4. The van der Waals surface area contributed by atoms with Crippen molar-refractivity contribution in [2.75, 3.05) is 13.1 Å². The Hall–Kier alpha value is -0.830. The van der Waals surface area contributed by atoms with E-state index in [1.165, 1.54) is 0 Å². The predicted molar refractivity (Wildman–Crippen MR) is 53.2 cm³/mol. The van der Waals surface area contributed by atoms with Gasteiger partial charge in [-0.3, -0.25) is 4.79 Å². The second kappa shape index (κ2) is 4.42. The minimum Gasteiger partial charge on any atom is -0.341 e. The number of amides is 1. The monoisotopic (exact) mass is 182 g/mol. The standard InChI is InChI=1S/C10H18N2O/c1-3-4-5-10(13)12-6-8(2)9(11)7-12/h3,8-9H,1,4-7,11H2,2H3. The van der Waals surface area contributed by atoms with Gasteiger partial charge in [-0.05, 0) is 12.3 Å². The zero-order valence-electron chi connectivity index (χ0n) is 8.20. The average Bonchev–Trinajstić information content (AvgIpc) is 2.43. The first-order valence-electron chi connectivity index (χ1n) is 4.79. The molecule has 74 valence electrons. The largest absolute Gasteiger partial charge is 0.341 e. The van der Waals surface area contributed by atoms with Crippen LogP contribution in [0.4, 0.5) is 0 Å². The molecular weight excluding hydrogens is 164 g/mol. The Morgan fingerprint density at radius 2 is 2.38 bits per heavy atom. The third kappa shape index (κ3) is 2.56. The number of nitrogens with zero attached hydrogens (tertiary/aromatic N) is 1. The van der Waals surface area contributed by atoms with E-state index in [0.717, 1.165) is 19.5 Å². The van der Waals surface area contributed by atoms with Crippen molar-refractivity contribution in [3.63, 3.8) is 0 Å². The number of carbonyl (C=O) groups excluding carboxylic acids is 1. The molecule has 1 aliphatic heterocycles. The van der Waals surface area contributed by atoms with E-state index in [4.69, 9.17) is 5.73 Å². The lowest BCUT2D eigenvalue weighted by Gasteiger charge is -2.14. The van der Waals surface area contributed by atoms with Crippen molar-refractivity contribution in [1.82, 2.24) is 4.90 Å². The van der Waals surface area contributed by atoms with Gasteiger partial charge in [0.05, 0.1) is 0 Å². The molecule has 0 spiro atoms. The van der Waals surface area contributed by atoms with Crippen molar-refractivity contribution in [3.05, 3.63) is 12.7 Å². The summed E-state index contributed by atoms with van der Waals surface area (Å²) < 4.78 is 0. The fourth-order valence-corrected chi connectivity index (χ4v) is 1.58. The first kappa shape index (κ1) is 10.3. The predicted octanol–water partition coefficient (Wildman–Crippen LogP) is 0.758. The van der Waals surface area contributed by atoms with Crippen molar-refractivity contribution in [2.24, 2.45) is 11.7 Å². The van der Waals surface area contributed by atoms with Crippen molar-refractivity contribution in [3.8, 4) is 0 Å². The van der Waals surface area contributed by atoms with Crippen LogP contribution in [0.5, 0.6) is 0 Å². The van der Waals surface area contributed by atoms with Crippen LogP contribution in [0, 0.1) is 5.92 Å². The zero-order valence-corrected chi connectivity index (χ0v) is 8.20. The van der Waals surface area contributed by atoms with Crippen LogP contribution in [0.1, 0.15) is 19.8 Å². The summed E-state index contributed by atoms with van der Waals surface area (Å²) >= 11 is 0. The van der Waals surface area contributed by atoms with Gasteiger partial charge in [-0.1, -0.05) is 13.0 Å². The molecule has 1 fully saturated rings. The van der Waals surface area contributed by atoms with Crippen LogP contribution in [0.3, 0.4) is 0 Å². The van der Waals surface area contributed by atoms with Gasteiger partial charge in [0.15, 0.2) is 0 Å². The topological polar surface area (TPSA) is 46.3 Å². The maximum absolute atomic E-state index is 11.5. The van der Waals surface area contributed by atoms with Crippen molar-refractivity contribution < 1.29 is 4.79 Å². The van der Waals surface area contributed by atoms with Gasteiger partial charge in [-0.2, -0.15) is 0 Å². The molecule has 2 unspecified atom stereocenters. The smallest absolute Gasteiger partial charge is 0.222 e. The van der Waals surface area contributed by atoms with E-state index in [2.05, 4.69) is 13.5 Å². The molecule has 1 heterocycles. The number of allylic oxidation sites excluding steroid dienone is 1. The summed E-state index contributed by atoms with van der Waals surface area (Å²) in [5, 5.41) is 0. The molecule has 0 saturated carbocycles. The number of hydrogen-bond donors (Lipinski definition) is 1. The maximum Gasteiger partial charge on any atom is 0.222 e. The molecule has 0 aromatic heterocycles. The van der Waals surface area contributed by atoms with Crippen LogP contribution in [-0.2, 0) is 4.79 Å². The number of carbonyl (C=O) groups is 1. The highest BCUT2D eigenvalue weighted by Crippen LogP contribution is 2.15. The Labute approximate surface area is 79.6 Å². The maximum atomic E-state index is 11.5. The van der Waals surface area contributed by atoms with Crippen LogP contribution in [-0.4, -0.2) is 29.9 Å². The van der Waals surface area contributed by atoms with E-state index < -0.39 is 0 Å². The molecule has 2 atom stereocenters. The Morgan fingerprint density at radius 3 is 2.85 bits per heavy atom. The Kier molecular flexibility index (Phi) is 3.48. The Bertz CT molecular complexity index is 193. The summed E-state index contributed by atoms with van der Waals surface area (Å²) in [7, 11) is 0. The Morgan fingerprint density at radius 1 is 1.69 bits per heavy atom. The third-order valence-electron chi connectivity index (χ3n) is 2.59. The lowest BCUT2D eigenvalue weighted by atomic mass is 10.1. The second-order valence-electron chi connectivity index (χ2n) is 3.77. The molecule has 0 aromatic carbocycles. The van der Waals surface area contributed by atoms with Gasteiger partial charge in [0.2, 0.25) is 5.91 Å². The van der Waals surface area contributed by atoms with Gasteiger partial charge < -0.3 is 10.6 Å². The van der Waals surface area contributed by atoms with Crippen molar-refractivity contribution >= 4 is 5.91 Å². The van der Waals surface area contributed by atoms with Gasteiger partial charge in [0, 0.05) is 25.6 Å². The lowest BCUT2D eigenvalue weighted by molar-refractivity contribution is -0.130. The highest BCUT2D eigenvalue weighted by molar-refractivity contribution is 5.76. The highest BCUT2D eigenvalue weighted by Gasteiger charge is 2.28. The molecule has 1 rings (SSSR count). The van der Waals surface area contributed by atoms with E-state index in [1.807, 2.05) is 4.90 Å². The molecule has 2 N–H and O–H groups in total. The third-order valence-corrected chi connectivity index (χ3v) is 2.59. The molecule has 1 aliphatic rings. The normalized spacial score (nSPS) is 27.7. The Balaban J connectivity index is 2.37. The van der Waals surface area contributed by atoms with Crippen LogP contribution >= 0.6 is 0 Å². The summed E-state index contributed by atoms with van der Waals surface area (Å²) in [5.74, 6) is 0.646.